The first-order valence-corrected chi connectivity index (χ1v) is 8.10. The van der Waals surface area contributed by atoms with Crippen molar-refractivity contribution in [1.82, 2.24) is 4.90 Å². The topological polar surface area (TPSA) is 63.7 Å². The van der Waals surface area contributed by atoms with Crippen molar-refractivity contribution >= 4 is 15.9 Å². The third-order valence-corrected chi connectivity index (χ3v) is 6.06. The third kappa shape index (κ3) is 3.84. The van der Waals surface area contributed by atoms with E-state index < -0.39 is 31.5 Å². The molecule has 1 heterocycles. The Hall–Kier alpha value is -0.780. The first kappa shape index (κ1) is 16.3. The highest BCUT2D eigenvalue weighted by molar-refractivity contribution is 7.93. The lowest BCUT2D eigenvalue weighted by atomic mass is 10.2. The summed E-state index contributed by atoms with van der Waals surface area (Å²) in [7, 11) is -3.24. The second-order valence-electron chi connectivity index (χ2n) is 6.99. The van der Waals surface area contributed by atoms with E-state index in [9.17, 15) is 13.2 Å². The average Bonchev–Trinajstić information content (AvgIpc) is 2.61. The molecule has 1 aliphatic rings. The van der Waals surface area contributed by atoms with Crippen LogP contribution in [0.15, 0.2) is 0 Å². The Labute approximate surface area is 116 Å². The first-order valence-electron chi connectivity index (χ1n) is 6.56. The largest absolute Gasteiger partial charge is 0.444 e. The molecule has 0 radical (unpaired) electrons. The van der Waals surface area contributed by atoms with Gasteiger partial charge in [0.05, 0.1) is 10.00 Å². The fourth-order valence-electron chi connectivity index (χ4n) is 1.97. The lowest BCUT2D eigenvalue weighted by Gasteiger charge is -2.26. The fraction of sp³-hybridized carbons (Fsp3) is 0.923. The number of ether oxygens (including phenoxy) is 1. The average molecular weight is 291 g/mol. The van der Waals surface area contributed by atoms with Crippen LogP contribution in [0.3, 0.4) is 0 Å². The van der Waals surface area contributed by atoms with Crippen LogP contribution in [0.4, 0.5) is 4.79 Å². The van der Waals surface area contributed by atoms with E-state index in [-0.39, 0.29) is 6.54 Å². The molecule has 0 unspecified atom stereocenters. The Balaban J connectivity index is 2.73. The number of amides is 1. The maximum absolute atomic E-state index is 12.3. The zero-order valence-corrected chi connectivity index (χ0v) is 13.5. The fourth-order valence-corrected chi connectivity index (χ4v) is 3.77. The Morgan fingerprint density at radius 3 is 2.11 bits per heavy atom. The number of likely N-dealkylation sites (tertiary alicyclic amines) is 1. The van der Waals surface area contributed by atoms with Gasteiger partial charge in [-0.15, -0.1) is 0 Å². The maximum atomic E-state index is 12.3. The summed E-state index contributed by atoms with van der Waals surface area (Å²) in [5.41, 5.74) is -0.557. The number of carbonyl (C=O) groups is 1. The van der Waals surface area contributed by atoms with Crippen LogP contribution in [0, 0.1) is 0 Å². The van der Waals surface area contributed by atoms with E-state index in [2.05, 4.69) is 0 Å². The van der Waals surface area contributed by atoms with Crippen LogP contribution in [-0.2, 0) is 14.6 Å². The van der Waals surface area contributed by atoms with Crippen molar-refractivity contribution in [1.29, 1.82) is 0 Å². The van der Waals surface area contributed by atoms with Gasteiger partial charge in [0.15, 0.2) is 9.84 Å². The summed E-state index contributed by atoms with van der Waals surface area (Å²) >= 11 is 0. The molecule has 1 rings (SSSR count). The minimum atomic E-state index is -3.24. The predicted molar refractivity (Wildman–Crippen MR) is 74.9 cm³/mol. The van der Waals surface area contributed by atoms with Gasteiger partial charge in [0.1, 0.15) is 5.60 Å². The Bertz CT molecular complexity index is 442. The van der Waals surface area contributed by atoms with Gasteiger partial charge in [0.2, 0.25) is 0 Å². The minimum Gasteiger partial charge on any atom is -0.444 e. The standard InChI is InChI=1S/C13H25NO4S/c1-12(2,3)18-11(15)14-8-7-10(9-14)19(16,17)13(4,5)6/h10H,7-9H2,1-6H3/t10-/m1/s1. The van der Waals surface area contributed by atoms with Crippen molar-refractivity contribution < 1.29 is 17.9 Å². The van der Waals surface area contributed by atoms with Gasteiger partial charge < -0.3 is 9.64 Å². The highest BCUT2D eigenvalue weighted by Crippen LogP contribution is 2.27. The highest BCUT2D eigenvalue weighted by atomic mass is 32.2. The number of nitrogens with zero attached hydrogens (tertiary/aromatic N) is 1. The summed E-state index contributed by atoms with van der Waals surface area (Å²) < 4.78 is 29.1. The Morgan fingerprint density at radius 1 is 1.16 bits per heavy atom. The number of hydrogen-bond donors (Lipinski definition) is 0. The van der Waals surface area contributed by atoms with E-state index in [1.165, 1.54) is 4.90 Å². The molecule has 6 heteroatoms. The summed E-state index contributed by atoms with van der Waals surface area (Å²) in [6.45, 7) is 11.1. The highest BCUT2D eigenvalue weighted by Gasteiger charge is 2.42. The van der Waals surface area contributed by atoms with Gasteiger partial charge in [-0.1, -0.05) is 0 Å². The van der Waals surface area contributed by atoms with Crippen LogP contribution in [0.1, 0.15) is 48.0 Å². The molecule has 1 aliphatic heterocycles. The van der Waals surface area contributed by atoms with Crippen LogP contribution in [0.5, 0.6) is 0 Å². The van der Waals surface area contributed by atoms with E-state index >= 15 is 0 Å². The molecule has 1 atom stereocenters. The van der Waals surface area contributed by atoms with Crippen LogP contribution >= 0.6 is 0 Å². The molecule has 0 aromatic rings. The normalized spacial score (nSPS) is 21.6. The summed E-state index contributed by atoms with van der Waals surface area (Å²) in [5.74, 6) is 0. The molecule has 1 saturated heterocycles. The number of hydrogen-bond acceptors (Lipinski definition) is 4. The molecule has 1 amide bonds. The Morgan fingerprint density at radius 2 is 1.68 bits per heavy atom. The van der Waals surface area contributed by atoms with Crippen molar-refractivity contribution in [3.63, 3.8) is 0 Å². The molecule has 19 heavy (non-hydrogen) atoms. The van der Waals surface area contributed by atoms with Gasteiger partial charge in [-0.05, 0) is 48.0 Å². The van der Waals surface area contributed by atoms with Crippen LogP contribution in [-0.4, -0.2) is 48.1 Å². The van der Waals surface area contributed by atoms with Crippen molar-refractivity contribution in [3.8, 4) is 0 Å². The monoisotopic (exact) mass is 291 g/mol. The van der Waals surface area contributed by atoms with E-state index in [0.29, 0.717) is 13.0 Å². The van der Waals surface area contributed by atoms with Crippen molar-refractivity contribution in [3.05, 3.63) is 0 Å². The molecule has 0 aromatic heterocycles. The van der Waals surface area contributed by atoms with Crippen molar-refractivity contribution in [2.24, 2.45) is 0 Å². The zero-order valence-electron chi connectivity index (χ0n) is 12.7. The summed E-state index contributed by atoms with van der Waals surface area (Å²) in [6, 6.07) is 0. The van der Waals surface area contributed by atoms with Gasteiger partial charge in [0, 0.05) is 13.1 Å². The van der Waals surface area contributed by atoms with Gasteiger partial charge in [-0.25, -0.2) is 13.2 Å². The smallest absolute Gasteiger partial charge is 0.410 e. The summed E-state index contributed by atoms with van der Waals surface area (Å²) in [4.78, 5) is 13.4. The summed E-state index contributed by atoms with van der Waals surface area (Å²) in [5, 5.41) is -0.486. The molecular formula is C13H25NO4S. The zero-order chi connectivity index (χ0) is 15.1. The minimum absolute atomic E-state index is 0.231. The van der Waals surface area contributed by atoms with E-state index in [1.807, 2.05) is 0 Å². The van der Waals surface area contributed by atoms with Crippen LogP contribution < -0.4 is 0 Å². The molecule has 0 N–H and O–H groups in total. The van der Waals surface area contributed by atoms with Gasteiger partial charge in [-0.3, -0.25) is 0 Å². The number of carbonyl (C=O) groups excluding carboxylic acids is 1. The number of sulfone groups is 1. The second-order valence-corrected chi connectivity index (χ2v) is 9.98. The van der Waals surface area contributed by atoms with Crippen LogP contribution in [0.2, 0.25) is 0 Å². The SMILES string of the molecule is CC(C)(C)OC(=O)N1CC[C@@H](S(=O)(=O)C(C)(C)C)C1. The molecule has 0 bridgehead atoms. The molecule has 1 fully saturated rings. The van der Waals surface area contributed by atoms with Gasteiger partial charge in [-0.2, -0.15) is 0 Å². The van der Waals surface area contributed by atoms with Crippen LogP contribution in [0.25, 0.3) is 0 Å². The first-order chi connectivity index (χ1) is 8.34. The summed E-state index contributed by atoms with van der Waals surface area (Å²) in [6.07, 6.45) is 0.0536. The molecule has 0 spiro atoms. The van der Waals surface area contributed by atoms with E-state index in [1.54, 1.807) is 41.5 Å². The second kappa shape index (κ2) is 4.96. The van der Waals surface area contributed by atoms with Crippen molar-refractivity contribution in [2.75, 3.05) is 13.1 Å². The van der Waals surface area contributed by atoms with Crippen molar-refractivity contribution in [2.45, 2.75) is 63.6 Å². The Kier molecular flexibility index (Phi) is 4.25. The number of rotatable bonds is 1. The molecule has 5 nitrogen and oxygen atoms in total. The molecule has 112 valence electrons. The van der Waals surface area contributed by atoms with Gasteiger partial charge >= 0.3 is 6.09 Å². The predicted octanol–water partition coefficient (Wildman–Crippen LogP) is 2.21. The quantitative estimate of drug-likeness (QED) is 0.743. The van der Waals surface area contributed by atoms with E-state index in [4.69, 9.17) is 4.74 Å². The maximum Gasteiger partial charge on any atom is 0.410 e. The lowest BCUT2D eigenvalue weighted by molar-refractivity contribution is 0.0295. The third-order valence-electron chi connectivity index (χ3n) is 3.09. The lowest BCUT2D eigenvalue weighted by Crippen LogP contribution is -2.41. The molecular weight excluding hydrogens is 266 g/mol. The van der Waals surface area contributed by atoms with E-state index in [0.717, 1.165) is 0 Å². The molecule has 0 aliphatic carbocycles. The molecule has 0 saturated carbocycles. The molecule has 0 aromatic carbocycles. The van der Waals surface area contributed by atoms with Gasteiger partial charge in [0.25, 0.3) is 0 Å².